The summed E-state index contributed by atoms with van der Waals surface area (Å²) in [5, 5.41) is 14.5. The van der Waals surface area contributed by atoms with Crippen molar-refractivity contribution in [1.29, 1.82) is 5.26 Å². The number of nitrogens with zero attached hydrogens (tertiary/aromatic N) is 6. The third-order valence-electron chi connectivity index (χ3n) is 9.35. The third kappa shape index (κ3) is 4.03. The molecule has 2 aliphatic heterocycles. The largest absolute Gasteiger partial charge is 0.473 e. The van der Waals surface area contributed by atoms with Crippen LogP contribution in [-0.4, -0.2) is 65.0 Å². The lowest BCUT2D eigenvalue weighted by atomic mass is 9.68. The van der Waals surface area contributed by atoms with Gasteiger partial charge in [-0.25, -0.2) is 9.78 Å². The van der Waals surface area contributed by atoms with Crippen LogP contribution < -0.4 is 15.4 Å². The fourth-order valence-corrected chi connectivity index (χ4v) is 7.38. The fourth-order valence-electron chi connectivity index (χ4n) is 7.38. The van der Waals surface area contributed by atoms with Crippen molar-refractivity contribution in [3.8, 4) is 23.5 Å². The molecule has 2 aromatic heterocycles. The number of likely N-dealkylation sites (tertiary alicyclic amines) is 1. The molecule has 7 rings (SSSR count). The Balaban J connectivity index is 1.32. The monoisotopic (exact) mass is 555 g/mol. The molecule has 2 N–H and O–H groups in total. The van der Waals surface area contributed by atoms with Crippen LogP contribution in [0.5, 0.6) is 5.88 Å². The van der Waals surface area contributed by atoms with Crippen molar-refractivity contribution in [3.05, 3.63) is 46.2 Å². The molecule has 1 amide bonds. The summed E-state index contributed by atoms with van der Waals surface area (Å²) in [4.78, 5) is 25.9. The molecular formula is C30H33N7O4. The predicted octanol–water partition coefficient (Wildman–Crippen LogP) is 3.97. The summed E-state index contributed by atoms with van der Waals surface area (Å²) >= 11 is 0. The lowest BCUT2D eigenvalue weighted by molar-refractivity contribution is 0.117. The summed E-state index contributed by atoms with van der Waals surface area (Å²) in [6, 6.07) is 8.17. The fraction of sp³-hybridized carbons (Fsp3) is 0.500. The second-order valence-electron chi connectivity index (χ2n) is 11.6. The van der Waals surface area contributed by atoms with Crippen molar-refractivity contribution in [3.63, 3.8) is 0 Å². The molecule has 11 nitrogen and oxygen atoms in total. The van der Waals surface area contributed by atoms with E-state index in [-0.39, 0.29) is 12.1 Å². The number of anilines is 2. The molecule has 0 radical (unpaired) electrons. The maximum Gasteiger partial charge on any atom is 0.415 e. The second-order valence-corrected chi connectivity index (χ2v) is 11.6. The Morgan fingerprint density at radius 3 is 2.85 bits per heavy atom. The number of likely N-dealkylation sites (N-methyl/N-ethyl adjacent to an activating group) is 1. The highest BCUT2D eigenvalue weighted by atomic mass is 16.6. The molecule has 4 aliphatic rings. The summed E-state index contributed by atoms with van der Waals surface area (Å²) in [5.74, 6) is 1.90. The molecule has 2 saturated heterocycles. The van der Waals surface area contributed by atoms with Gasteiger partial charge in [0, 0.05) is 23.4 Å². The zero-order valence-electron chi connectivity index (χ0n) is 23.4. The molecule has 41 heavy (non-hydrogen) atoms. The van der Waals surface area contributed by atoms with Crippen LogP contribution in [0, 0.1) is 11.3 Å². The number of hydrogen-bond donors (Lipinski definition) is 1. The van der Waals surface area contributed by atoms with Gasteiger partial charge in [0.2, 0.25) is 5.88 Å². The van der Waals surface area contributed by atoms with Crippen molar-refractivity contribution in [2.75, 3.05) is 37.4 Å². The van der Waals surface area contributed by atoms with Gasteiger partial charge in [-0.15, -0.1) is 0 Å². The van der Waals surface area contributed by atoms with Crippen molar-refractivity contribution in [1.82, 2.24) is 20.0 Å². The number of ether oxygens (including phenoxy) is 2. The van der Waals surface area contributed by atoms with E-state index < -0.39 is 11.5 Å². The van der Waals surface area contributed by atoms with Crippen molar-refractivity contribution >= 4 is 17.6 Å². The van der Waals surface area contributed by atoms with Crippen LogP contribution in [0.25, 0.3) is 11.5 Å². The van der Waals surface area contributed by atoms with E-state index in [1.807, 2.05) is 12.1 Å². The van der Waals surface area contributed by atoms with E-state index in [1.165, 1.54) is 4.90 Å². The van der Waals surface area contributed by atoms with Crippen LogP contribution in [0.4, 0.5) is 16.3 Å². The molecule has 3 aromatic rings. The second kappa shape index (κ2) is 9.73. The summed E-state index contributed by atoms with van der Waals surface area (Å²) in [6.07, 6.45) is 5.78. The van der Waals surface area contributed by atoms with Crippen LogP contribution in [-0.2, 0) is 23.0 Å². The number of amides is 1. The maximum atomic E-state index is 12.5. The van der Waals surface area contributed by atoms with Crippen molar-refractivity contribution < 1.29 is 18.8 Å². The standard InChI is InChI=1S/C30H33N7O4/c1-17(22-6-4-12-36(22)2)40-24-15-23(37-13-14-39-29(37)38)33-28(34-24)26-19-5-3-10-30(27(19)41-35-26)11-9-18-7-8-21(32)20(16-31)25(18)30/h7-8,15,17,22H,3-6,9-14,32H2,1-2H3/t17-,22-,30-/m0/s1. The number of aromatic nitrogens is 3. The molecule has 3 atom stereocenters. The Morgan fingerprint density at radius 2 is 2.10 bits per heavy atom. The van der Waals surface area contributed by atoms with Crippen LogP contribution in [0.2, 0.25) is 0 Å². The molecule has 11 heteroatoms. The van der Waals surface area contributed by atoms with Gasteiger partial charge in [-0.3, -0.25) is 9.80 Å². The number of aryl methyl sites for hydroxylation is 1. The molecule has 0 saturated carbocycles. The summed E-state index contributed by atoms with van der Waals surface area (Å²) in [5.41, 5.74) is 10.4. The molecule has 2 fully saturated rings. The average Bonchev–Trinajstić information content (AvgIpc) is 3.76. The highest BCUT2D eigenvalue weighted by Crippen LogP contribution is 2.54. The van der Waals surface area contributed by atoms with Gasteiger partial charge in [0.1, 0.15) is 24.6 Å². The first kappa shape index (κ1) is 25.8. The molecule has 1 spiro atoms. The maximum absolute atomic E-state index is 12.5. The first-order valence-electron chi connectivity index (χ1n) is 14.4. The number of nitrogens with two attached hydrogens (primary N) is 1. The number of carbonyl (C=O) groups excluding carboxylic acids is 1. The Hall–Kier alpha value is -4.17. The number of fused-ring (bicyclic) bond motifs is 4. The minimum absolute atomic E-state index is 0.108. The zero-order chi connectivity index (χ0) is 28.3. The van der Waals surface area contributed by atoms with E-state index >= 15 is 0 Å². The van der Waals surface area contributed by atoms with E-state index in [0.29, 0.717) is 47.6 Å². The highest BCUT2D eigenvalue weighted by molar-refractivity contribution is 5.88. The highest BCUT2D eigenvalue weighted by Gasteiger charge is 2.49. The number of hydrogen-bond acceptors (Lipinski definition) is 10. The van der Waals surface area contributed by atoms with Crippen LogP contribution in [0.3, 0.4) is 0 Å². The van der Waals surface area contributed by atoms with Gasteiger partial charge in [-0.05, 0) is 82.7 Å². The molecular weight excluding hydrogens is 522 g/mol. The van der Waals surface area contributed by atoms with E-state index in [0.717, 1.165) is 73.9 Å². The number of benzene rings is 1. The minimum Gasteiger partial charge on any atom is -0.473 e. The Kier molecular flexibility index (Phi) is 6.12. The van der Waals surface area contributed by atoms with E-state index in [9.17, 15) is 10.1 Å². The van der Waals surface area contributed by atoms with Gasteiger partial charge in [0.25, 0.3) is 0 Å². The van der Waals surface area contributed by atoms with Gasteiger partial charge in [0.05, 0.1) is 17.5 Å². The normalized spacial score (nSPS) is 24.3. The predicted molar refractivity (Wildman–Crippen MR) is 150 cm³/mol. The van der Waals surface area contributed by atoms with Crippen LogP contribution in [0.1, 0.15) is 67.0 Å². The molecule has 4 heterocycles. The Morgan fingerprint density at radius 1 is 1.22 bits per heavy atom. The van der Waals surface area contributed by atoms with Crippen molar-refractivity contribution in [2.24, 2.45) is 0 Å². The van der Waals surface area contributed by atoms with Crippen LogP contribution in [0.15, 0.2) is 22.7 Å². The summed E-state index contributed by atoms with van der Waals surface area (Å²) in [6.45, 7) is 3.78. The SMILES string of the molecule is C[C@H](Oc1cc(N2CCOC2=O)nc(-c2noc3c2CCC[C@@]32CCc3ccc(N)c(C#N)c32)n1)[C@@H]1CCCN1C. The zero-order valence-corrected chi connectivity index (χ0v) is 23.4. The van der Waals surface area contributed by atoms with Gasteiger partial charge in [-0.2, -0.15) is 10.2 Å². The molecule has 212 valence electrons. The first-order chi connectivity index (χ1) is 19.9. The third-order valence-corrected chi connectivity index (χ3v) is 9.35. The Labute approximate surface area is 238 Å². The van der Waals surface area contributed by atoms with E-state index in [1.54, 1.807) is 6.07 Å². The van der Waals surface area contributed by atoms with E-state index in [4.69, 9.17) is 29.7 Å². The molecule has 2 aliphatic carbocycles. The van der Waals surface area contributed by atoms with Crippen LogP contribution >= 0.6 is 0 Å². The smallest absolute Gasteiger partial charge is 0.415 e. The van der Waals surface area contributed by atoms with E-state index in [2.05, 4.69) is 30.1 Å². The molecule has 1 aromatic carbocycles. The number of nitriles is 1. The van der Waals surface area contributed by atoms with Gasteiger partial charge < -0.3 is 19.7 Å². The first-order valence-corrected chi connectivity index (χ1v) is 14.4. The van der Waals surface area contributed by atoms with Gasteiger partial charge in [-0.1, -0.05) is 11.2 Å². The summed E-state index contributed by atoms with van der Waals surface area (Å²) in [7, 11) is 2.11. The number of carbonyl (C=O) groups is 1. The molecule has 0 unspecified atom stereocenters. The minimum atomic E-state index is -0.466. The van der Waals surface area contributed by atoms with Gasteiger partial charge in [0.15, 0.2) is 17.3 Å². The van der Waals surface area contributed by atoms with Crippen molar-refractivity contribution in [2.45, 2.75) is 69.4 Å². The number of cyclic esters (lactones) is 1. The lowest BCUT2D eigenvalue weighted by Crippen LogP contribution is -2.38. The quantitative estimate of drug-likeness (QED) is 0.459. The Bertz CT molecular complexity index is 1580. The summed E-state index contributed by atoms with van der Waals surface area (Å²) < 4.78 is 17.7. The average molecular weight is 556 g/mol. The number of nitrogen functional groups attached to an aromatic ring is 1. The lowest BCUT2D eigenvalue weighted by Gasteiger charge is -2.33. The molecule has 0 bridgehead atoms. The van der Waals surface area contributed by atoms with Gasteiger partial charge >= 0.3 is 6.09 Å². The topological polar surface area (TPSA) is 144 Å². The number of rotatable bonds is 5.